The minimum absolute atomic E-state index is 0.114. The van der Waals surface area contributed by atoms with E-state index >= 15 is 0 Å². The van der Waals surface area contributed by atoms with Crippen LogP contribution < -0.4 is 9.64 Å². The first-order chi connectivity index (χ1) is 10.6. The van der Waals surface area contributed by atoms with Gasteiger partial charge in [-0.05, 0) is 31.2 Å². The Hall–Kier alpha value is -2.01. The molecule has 1 aliphatic heterocycles. The minimum atomic E-state index is -0.669. The average Bonchev–Trinajstić information content (AvgIpc) is 2.53. The van der Waals surface area contributed by atoms with Gasteiger partial charge >= 0.3 is 0 Å². The zero-order valence-electron chi connectivity index (χ0n) is 12.2. The number of amides is 1. The SMILES string of the molecule is CC(Oc1cccc(F)c1)C(=O)N1CCSc2ccccc21. The monoisotopic (exact) mass is 317 g/mol. The van der Waals surface area contributed by atoms with Crippen molar-refractivity contribution in [3.05, 3.63) is 54.3 Å². The standard InChI is InChI=1S/C17H16FNO2S/c1-12(21-14-6-4-5-13(18)11-14)17(20)19-9-10-22-16-8-3-2-7-15(16)19/h2-8,11-12H,9-10H2,1H3. The van der Waals surface area contributed by atoms with Crippen molar-refractivity contribution in [1.82, 2.24) is 0 Å². The smallest absolute Gasteiger partial charge is 0.267 e. The number of rotatable bonds is 3. The summed E-state index contributed by atoms with van der Waals surface area (Å²) in [7, 11) is 0. The van der Waals surface area contributed by atoms with Gasteiger partial charge in [-0.3, -0.25) is 4.79 Å². The summed E-state index contributed by atoms with van der Waals surface area (Å²) in [5.74, 6) is 0.726. The predicted octanol–water partition coefficient (Wildman–Crippen LogP) is 3.73. The van der Waals surface area contributed by atoms with E-state index in [1.54, 1.807) is 35.7 Å². The van der Waals surface area contributed by atoms with Crippen molar-refractivity contribution in [2.24, 2.45) is 0 Å². The van der Waals surface area contributed by atoms with Crippen molar-refractivity contribution < 1.29 is 13.9 Å². The van der Waals surface area contributed by atoms with E-state index in [4.69, 9.17) is 4.74 Å². The van der Waals surface area contributed by atoms with E-state index < -0.39 is 6.10 Å². The van der Waals surface area contributed by atoms with Crippen molar-refractivity contribution in [1.29, 1.82) is 0 Å². The molecule has 22 heavy (non-hydrogen) atoms. The Morgan fingerprint density at radius 3 is 2.91 bits per heavy atom. The Bertz CT molecular complexity index is 692. The van der Waals surface area contributed by atoms with Gasteiger partial charge in [0.05, 0.1) is 5.69 Å². The number of ether oxygens (including phenoxy) is 1. The van der Waals surface area contributed by atoms with Crippen LogP contribution in [0.2, 0.25) is 0 Å². The first-order valence-electron chi connectivity index (χ1n) is 7.10. The fourth-order valence-electron chi connectivity index (χ4n) is 2.41. The van der Waals surface area contributed by atoms with Crippen LogP contribution in [0, 0.1) is 5.82 Å². The van der Waals surface area contributed by atoms with Gasteiger partial charge in [-0.15, -0.1) is 11.8 Å². The van der Waals surface area contributed by atoms with Crippen LogP contribution in [0.4, 0.5) is 10.1 Å². The lowest BCUT2D eigenvalue weighted by atomic mass is 10.2. The van der Waals surface area contributed by atoms with E-state index in [1.807, 2.05) is 24.3 Å². The van der Waals surface area contributed by atoms with Crippen molar-refractivity contribution in [2.75, 3.05) is 17.2 Å². The molecule has 0 radical (unpaired) electrons. The van der Waals surface area contributed by atoms with Gasteiger partial charge in [0.2, 0.25) is 0 Å². The Labute approximate surface area is 133 Å². The molecule has 1 amide bonds. The summed E-state index contributed by atoms with van der Waals surface area (Å²) in [5.41, 5.74) is 0.915. The first-order valence-corrected chi connectivity index (χ1v) is 8.09. The maximum absolute atomic E-state index is 13.2. The van der Waals surface area contributed by atoms with E-state index in [2.05, 4.69) is 0 Å². The Balaban J connectivity index is 1.77. The number of benzene rings is 2. The lowest BCUT2D eigenvalue weighted by Gasteiger charge is -2.31. The Kier molecular flexibility index (Phi) is 4.34. The molecule has 3 nitrogen and oxygen atoms in total. The molecule has 3 rings (SSSR count). The second kappa shape index (κ2) is 6.40. The highest BCUT2D eigenvalue weighted by Gasteiger charge is 2.27. The largest absolute Gasteiger partial charge is 0.481 e. The van der Waals surface area contributed by atoms with Crippen LogP contribution in [0.5, 0.6) is 5.75 Å². The molecule has 0 bridgehead atoms. The highest BCUT2D eigenvalue weighted by atomic mass is 32.2. The molecule has 0 spiro atoms. The number of para-hydroxylation sites is 1. The number of nitrogens with zero attached hydrogens (tertiary/aromatic N) is 1. The third-order valence-electron chi connectivity index (χ3n) is 3.45. The number of carbonyl (C=O) groups is 1. The minimum Gasteiger partial charge on any atom is -0.481 e. The lowest BCUT2D eigenvalue weighted by Crippen LogP contribution is -2.43. The number of halogens is 1. The van der Waals surface area contributed by atoms with E-state index in [0.717, 1.165) is 16.3 Å². The lowest BCUT2D eigenvalue weighted by molar-refractivity contribution is -0.124. The zero-order chi connectivity index (χ0) is 15.5. The van der Waals surface area contributed by atoms with Crippen LogP contribution in [-0.2, 0) is 4.79 Å². The summed E-state index contributed by atoms with van der Waals surface area (Å²) in [6.45, 7) is 2.34. The molecule has 0 saturated heterocycles. The normalized spacial score (nSPS) is 15.1. The number of fused-ring (bicyclic) bond motifs is 1. The van der Waals surface area contributed by atoms with Crippen molar-refractivity contribution in [3.63, 3.8) is 0 Å². The Morgan fingerprint density at radius 2 is 2.09 bits per heavy atom. The first kappa shape index (κ1) is 14.9. The van der Waals surface area contributed by atoms with Crippen LogP contribution in [0.1, 0.15) is 6.92 Å². The summed E-state index contributed by atoms with van der Waals surface area (Å²) in [4.78, 5) is 15.5. The fraction of sp³-hybridized carbons (Fsp3) is 0.235. The Morgan fingerprint density at radius 1 is 1.27 bits per heavy atom. The predicted molar refractivity (Wildman–Crippen MR) is 86.0 cm³/mol. The number of hydrogen-bond donors (Lipinski definition) is 0. The molecule has 0 aliphatic carbocycles. The molecule has 1 atom stereocenters. The van der Waals surface area contributed by atoms with Crippen molar-refractivity contribution >= 4 is 23.4 Å². The second-order valence-electron chi connectivity index (χ2n) is 5.02. The second-order valence-corrected chi connectivity index (χ2v) is 6.16. The van der Waals surface area contributed by atoms with Gasteiger partial charge < -0.3 is 9.64 Å². The molecule has 0 aromatic heterocycles. The van der Waals surface area contributed by atoms with Gasteiger partial charge in [0, 0.05) is 23.3 Å². The summed E-state index contributed by atoms with van der Waals surface area (Å²) in [6, 6.07) is 13.7. The van der Waals surface area contributed by atoms with Gasteiger partial charge in [-0.25, -0.2) is 4.39 Å². The molecule has 2 aromatic rings. The van der Waals surface area contributed by atoms with E-state index in [-0.39, 0.29) is 11.7 Å². The zero-order valence-corrected chi connectivity index (χ0v) is 13.0. The third kappa shape index (κ3) is 3.09. The molecule has 1 heterocycles. The molecule has 114 valence electrons. The molecule has 1 unspecified atom stereocenters. The molecule has 5 heteroatoms. The van der Waals surface area contributed by atoms with E-state index in [9.17, 15) is 9.18 Å². The quantitative estimate of drug-likeness (QED) is 0.864. The molecular weight excluding hydrogens is 301 g/mol. The van der Waals surface area contributed by atoms with E-state index in [1.165, 1.54) is 12.1 Å². The number of carbonyl (C=O) groups excluding carboxylic acids is 1. The average molecular weight is 317 g/mol. The number of hydrogen-bond acceptors (Lipinski definition) is 3. The van der Waals surface area contributed by atoms with Crippen LogP contribution in [0.25, 0.3) is 0 Å². The molecular formula is C17H16FNO2S. The number of thioether (sulfide) groups is 1. The maximum Gasteiger partial charge on any atom is 0.267 e. The third-order valence-corrected chi connectivity index (χ3v) is 4.49. The van der Waals surface area contributed by atoms with Gasteiger partial charge in [0.15, 0.2) is 6.10 Å². The molecule has 1 aliphatic rings. The van der Waals surface area contributed by atoms with Crippen molar-refractivity contribution in [2.45, 2.75) is 17.9 Å². The summed E-state index contributed by atoms with van der Waals surface area (Å²) in [5, 5.41) is 0. The fourth-order valence-corrected chi connectivity index (χ4v) is 3.41. The molecule has 0 saturated carbocycles. The van der Waals surface area contributed by atoms with Gasteiger partial charge in [-0.2, -0.15) is 0 Å². The summed E-state index contributed by atoms with van der Waals surface area (Å²) >= 11 is 1.74. The van der Waals surface area contributed by atoms with Crippen LogP contribution >= 0.6 is 11.8 Å². The van der Waals surface area contributed by atoms with Gasteiger partial charge in [-0.1, -0.05) is 18.2 Å². The maximum atomic E-state index is 13.2. The summed E-state index contributed by atoms with van der Waals surface area (Å²) in [6.07, 6.45) is -0.669. The molecule has 0 N–H and O–H groups in total. The van der Waals surface area contributed by atoms with Gasteiger partial charge in [0.1, 0.15) is 11.6 Å². The molecule has 2 aromatic carbocycles. The van der Waals surface area contributed by atoms with E-state index in [0.29, 0.717) is 12.3 Å². The van der Waals surface area contributed by atoms with Crippen LogP contribution in [0.3, 0.4) is 0 Å². The highest BCUT2D eigenvalue weighted by molar-refractivity contribution is 7.99. The highest BCUT2D eigenvalue weighted by Crippen LogP contribution is 2.34. The molecule has 0 fully saturated rings. The van der Waals surface area contributed by atoms with Crippen LogP contribution in [-0.4, -0.2) is 24.3 Å². The van der Waals surface area contributed by atoms with Gasteiger partial charge in [0.25, 0.3) is 5.91 Å². The topological polar surface area (TPSA) is 29.5 Å². The number of anilines is 1. The summed E-state index contributed by atoms with van der Waals surface area (Å²) < 4.78 is 18.8. The van der Waals surface area contributed by atoms with Crippen LogP contribution in [0.15, 0.2) is 53.4 Å². The van der Waals surface area contributed by atoms with Crippen molar-refractivity contribution in [3.8, 4) is 5.75 Å².